The Morgan fingerprint density at radius 3 is 2.35 bits per heavy atom. The third-order valence-electron chi connectivity index (χ3n) is 4.41. The van der Waals surface area contributed by atoms with Gasteiger partial charge in [0.25, 0.3) is 0 Å². The van der Waals surface area contributed by atoms with Gasteiger partial charge < -0.3 is 15.3 Å². The van der Waals surface area contributed by atoms with Gasteiger partial charge in [0.2, 0.25) is 5.95 Å². The Balaban J connectivity index is 2.03. The first kappa shape index (κ1) is 17.9. The van der Waals surface area contributed by atoms with Crippen LogP contribution in [0.15, 0.2) is 54.6 Å². The van der Waals surface area contributed by atoms with Gasteiger partial charge in [-0.3, -0.25) is 0 Å². The minimum atomic E-state index is 0.0599. The molecule has 5 nitrogen and oxygen atoms in total. The van der Waals surface area contributed by atoms with Gasteiger partial charge in [0.1, 0.15) is 5.82 Å². The van der Waals surface area contributed by atoms with E-state index in [0.717, 1.165) is 34.0 Å². The number of nitrogens with one attached hydrogen (secondary N) is 1. The van der Waals surface area contributed by atoms with Crippen LogP contribution < -0.4 is 10.2 Å². The number of nitrogens with zero attached hydrogens (tertiary/aromatic N) is 3. The molecular formula is C21H24N4O. The number of hydrogen-bond acceptors (Lipinski definition) is 5. The topological polar surface area (TPSA) is 61.3 Å². The standard InChI is InChI=1S/C21H24N4O/c1-15-9-7-8-12-19(15)23-21-22-16(2)18(13-14-26)20(24-21)25(3)17-10-5-4-6-11-17/h4-12,26H,13-14H2,1-3H3,(H,22,23,24). The molecule has 0 saturated heterocycles. The van der Waals surface area contributed by atoms with Gasteiger partial charge in [-0.25, -0.2) is 4.98 Å². The van der Waals surface area contributed by atoms with Gasteiger partial charge in [-0.15, -0.1) is 0 Å². The number of aryl methyl sites for hydroxylation is 2. The van der Waals surface area contributed by atoms with Crippen molar-refractivity contribution in [1.29, 1.82) is 0 Å². The van der Waals surface area contributed by atoms with Gasteiger partial charge in [-0.1, -0.05) is 36.4 Å². The van der Waals surface area contributed by atoms with E-state index in [-0.39, 0.29) is 6.61 Å². The molecule has 0 unspecified atom stereocenters. The second-order valence-corrected chi connectivity index (χ2v) is 6.24. The highest BCUT2D eigenvalue weighted by atomic mass is 16.3. The molecule has 0 radical (unpaired) electrons. The molecule has 0 fully saturated rings. The largest absolute Gasteiger partial charge is 0.396 e. The van der Waals surface area contributed by atoms with Crippen molar-refractivity contribution in [2.45, 2.75) is 20.3 Å². The van der Waals surface area contributed by atoms with E-state index in [4.69, 9.17) is 4.98 Å². The molecule has 2 aromatic carbocycles. The molecule has 0 amide bonds. The van der Waals surface area contributed by atoms with E-state index < -0.39 is 0 Å². The second-order valence-electron chi connectivity index (χ2n) is 6.24. The summed E-state index contributed by atoms with van der Waals surface area (Å²) in [4.78, 5) is 11.4. The summed E-state index contributed by atoms with van der Waals surface area (Å²) in [6, 6.07) is 18.1. The highest BCUT2D eigenvalue weighted by molar-refractivity contribution is 5.66. The number of benzene rings is 2. The monoisotopic (exact) mass is 348 g/mol. The summed E-state index contributed by atoms with van der Waals surface area (Å²) < 4.78 is 0. The van der Waals surface area contributed by atoms with Gasteiger partial charge in [0.05, 0.1) is 0 Å². The lowest BCUT2D eigenvalue weighted by molar-refractivity contribution is 0.299. The summed E-state index contributed by atoms with van der Waals surface area (Å²) in [5.41, 5.74) is 4.96. The number of aliphatic hydroxyl groups excluding tert-OH is 1. The fraction of sp³-hybridized carbons (Fsp3) is 0.238. The Morgan fingerprint density at radius 1 is 0.962 bits per heavy atom. The van der Waals surface area contributed by atoms with Crippen LogP contribution in [-0.2, 0) is 6.42 Å². The Hall–Kier alpha value is -2.92. The van der Waals surface area contributed by atoms with E-state index in [1.54, 1.807) is 0 Å². The normalized spacial score (nSPS) is 10.6. The van der Waals surface area contributed by atoms with Crippen LogP contribution in [0, 0.1) is 13.8 Å². The number of rotatable bonds is 6. The minimum absolute atomic E-state index is 0.0599. The average molecular weight is 348 g/mol. The van der Waals surface area contributed by atoms with Gasteiger partial charge in [-0.05, 0) is 37.6 Å². The zero-order valence-corrected chi connectivity index (χ0v) is 15.4. The summed E-state index contributed by atoms with van der Waals surface area (Å²) >= 11 is 0. The lowest BCUT2D eigenvalue weighted by Crippen LogP contribution is -2.17. The summed E-state index contributed by atoms with van der Waals surface area (Å²) in [6.07, 6.45) is 0.517. The molecule has 3 aromatic rings. The van der Waals surface area contributed by atoms with Crippen molar-refractivity contribution in [3.8, 4) is 0 Å². The molecule has 0 saturated carbocycles. The minimum Gasteiger partial charge on any atom is -0.396 e. The molecule has 0 aliphatic rings. The molecule has 5 heteroatoms. The van der Waals surface area contributed by atoms with Crippen LogP contribution in [0.1, 0.15) is 16.8 Å². The van der Waals surface area contributed by atoms with Crippen LogP contribution in [0.4, 0.5) is 23.1 Å². The molecule has 0 aliphatic carbocycles. The molecule has 0 atom stereocenters. The fourth-order valence-corrected chi connectivity index (χ4v) is 2.93. The van der Waals surface area contributed by atoms with Crippen molar-refractivity contribution in [1.82, 2.24) is 9.97 Å². The SMILES string of the molecule is Cc1ccccc1Nc1nc(C)c(CCO)c(N(C)c2ccccc2)n1. The van der Waals surface area contributed by atoms with E-state index in [9.17, 15) is 5.11 Å². The van der Waals surface area contributed by atoms with Crippen molar-refractivity contribution in [2.24, 2.45) is 0 Å². The van der Waals surface area contributed by atoms with Crippen LogP contribution >= 0.6 is 0 Å². The summed E-state index contributed by atoms with van der Waals surface area (Å²) in [5.74, 6) is 1.35. The maximum atomic E-state index is 9.47. The number of hydrogen-bond donors (Lipinski definition) is 2. The molecule has 0 aliphatic heterocycles. The van der Waals surface area contributed by atoms with Crippen molar-refractivity contribution in [2.75, 3.05) is 23.9 Å². The Labute approximate surface area is 154 Å². The molecule has 2 N–H and O–H groups in total. The summed E-state index contributed by atoms with van der Waals surface area (Å²) in [6.45, 7) is 4.06. The van der Waals surface area contributed by atoms with Gasteiger partial charge >= 0.3 is 0 Å². The number of aromatic nitrogens is 2. The molecule has 1 heterocycles. The zero-order chi connectivity index (χ0) is 18.5. The molecule has 26 heavy (non-hydrogen) atoms. The predicted octanol–water partition coefficient (Wildman–Crippen LogP) is 4.14. The van der Waals surface area contributed by atoms with Crippen molar-refractivity contribution >= 4 is 23.1 Å². The fourth-order valence-electron chi connectivity index (χ4n) is 2.93. The van der Waals surface area contributed by atoms with Gasteiger partial charge in [0.15, 0.2) is 0 Å². The average Bonchev–Trinajstić information content (AvgIpc) is 2.66. The van der Waals surface area contributed by atoms with E-state index >= 15 is 0 Å². The van der Waals surface area contributed by atoms with Gasteiger partial charge in [0, 0.05) is 42.7 Å². The second kappa shape index (κ2) is 7.97. The summed E-state index contributed by atoms with van der Waals surface area (Å²) in [5, 5.41) is 12.8. The molecule has 134 valence electrons. The maximum Gasteiger partial charge on any atom is 0.229 e. The first-order chi connectivity index (χ1) is 12.6. The highest BCUT2D eigenvalue weighted by Crippen LogP contribution is 2.29. The highest BCUT2D eigenvalue weighted by Gasteiger charge is 2.16. The van der Waals surface area contributed by atoms with Crippen LogP contribution in [0.3, 0.4) is 0 Å². The van der Waals surface area contributed by atoms with E-state index in [1.165, 1.54) is 0 Å². The van der Waals surface area contributed by atoms with E-state index in [2.05, 4.69) is 10.3 Å². The van der Waals surface area contributed by atoms with Crippen molar-refractivity contribution in [3.63, 3.8) is 0 Å². The lowest BCUT2D eigenvalue weighted by atomic mass is 10.1. The molecule has 3 rings (SSSR count). The molecular weight excluding hydrogens is 324 g/mol. The third kappa shape index (κ3) is 3.83. The molecule has 0 bridgehead atoms. The predicted molar refractivity (Wildman–Crippen MR) is 107 cm³/mol. The lowest BCUT2D eigenvalue weighted by Gasteiger charge is -2.23. The number of para-hydroxylation sites is 2. The third-order valence-corrected chi connectivity index (χ3v) is 4.41. The molecule has 0 spiro atoms. The van der Waals surface area contributed by atoms with Crippen LogP contribution in [0.5, 0.6) is 0 Å². The van der Waals surface area contributed by atoms with E-state index in [0.29, 0.717) is 12.4 Å². The Morgan fingerprint density at radius 2 is 1.65 bits per heavy atom. The first-order valence-corrected chi connectivity index (χ1v) is 8.70. The smallest absolute Gasteiger partial charge is 0.229 e. The van der Waals surface area contributed by atoms with Crippen LogP contribution in [0.25, 0.3) is 0 Å². The Kier molecular flexibility index (Phi) is 5.49. The number of anilines is 4. The van der Waals surface area contributed by atoms with Crippen LogP contribution in [-0.4, -0.2) is 28.7 Å². The van der Waals surface area contributed by atoms with Crippen molar-refractivity contribution < 1.29 is 5.11 Å². The quantitative estimate of drug-likeness (QED) is 0.701. The number of aliphatic hydroxyl groups is 1. The maximum absolute atomic E-state index is 9.47. The van der Waals surface area contributed by atoms with E-state index in [1.807, 2.05) is 80.4 Å². The molecule has 1 aromatic heterocycles. The zero-order valence-electron chi connectivity index (χ0n) is 15.4. The van der Waals surface area contributed by atoms with Gasteiger partial charge in [-0.2, -0.15) is 4.98 Å². The summed E-state index contributed by atoms with van der Waals surface area (Å²) in [7, 11) is 1.98. The van der Waals surface area contributed by atoms with Crippen LogP contribution in [0.2, 0.25) is 0 Å². The van der Waals surface area contributed by atoms with Crippen molar-refractivity contribution in [3.05, 3.63) is 71.4 Å². The first-order valence-electron chi connectivity index (χ1n) is 8.70. The Bertz CT molecular complexity index is 880.